The van der Waals surface area contributed by atoms with Crippen LogP contribution >= 0.6 is 0 Å². The Kier molecular flexibility index (Phi) is 5.15. The summed E-state index contributed by atoms with van der Waals surface area (Å²) in [4.78, 5) is 0. The molecule has 0 bridgehead atoms. The van der Waals surface area contributed by atoms with E-state index in [0.29, 0.717) is 6.61 Å². The third kappa shape index (κ3) is 3.92. The van der Waals surface area contributed by atoms with Crippen LogP contribution in [0.15, 0.2) is 48.5 Å². The Morgan fingerprint density at radius 3 is 2.21 bits per heavy atom. The molecule has 1 saturated heterocycles. The Bertz CT molecular complexity index is 799. The second kappa shape index (κ2) is 7.45. The standard InChI is InChI=1S/C23H29BO4/c1-22(2)23(3,4)28-24(27-22)18-13-14-20(21(15-18)26-19-11-8-12-19)25-16-17-9-6-5-7-10-17/h5-7,9-10,13-15,19H,8,11-12,16H2,1-4H3. The fourth-order valence-electron chi connectivity index (χ4n) is 3.27. The van der Waals surface area contributed by atoms with Gasteiger partial charge in [-0.15, -0.1) is 0 Å². The maximum atomic E-state index is 6.24. The lowest BCUT2D eigenvalue weighted by Gasteiger charge is -2.32. The van der Waals surface area contributed by atoms with Crippen molar-refractivity contribution in [1.82, 2.24) is 0 Å². The fourth-order valence-corrected chi connectivity index (χ4v) is 3.27. The molecule has 0 aromatic heterocycles. The largest absolute Gasteiger partial charge is 0.494 e. The van der Waals surface area contributed by atoms with Gasteiger partial charge in [-0.2, -0.15) is 0 Å². The van der Waals surface area contributed by atoms with E-state index in [-0.39, 0.29) is 17.3 Å². The normalized spacial score (nSPS) is 20.6. The minimum atomic E-state index is -0.406. The highest BCUT2D eigenvalue weighted by Gasteiger charge is 2.51. The molecule has 0 amide bonds. The molecular weight excluding hydrogens is 351 g/mol. The van der Waals surface area contributed by atoms with Crippen LogP contribution in [0.3, 0.4) is 0 Å². The van der Waals surface area contributed by atoms with E-state index < -0.39 is 7.12 Å². The summed E-state index contributed by atoms with van der Waals surface area (Å²) in [6.07, 6.45) is 3.69. The van der Waals surface area contributed by atoms with Crippen LogP contribution in [0, 0.1) is 0 Å². The van der Waals surface area contributed by atoms with E-state index >= 15 is 0 Å². The molecule has 4 rings (SSSR count). The molecule has 1 aliphatic heterocycles. The van der Waals surface area contributed by atoms with Gasteiger partial charge in [-0.25, -0.2) is 0 Å². The smallest absolute Gasteiger partial charge is 0.487 e. The second-order valence-electron chi connectivity index (χ2n) is 8.74. The first-order valence-electron chi connectivity index (χ1n) is 10.2. The zero-order valence-corrected chi connectivity index (χ0v) is 17.2. The summed E-state index contributed by atoms with van der Waals surface area (Å²) in [5.41, 5.74) is 1.36. The molecule has 1 heterocycles. The number of rotatable bonds is 6. The van der Waals surface area contributed by atoms with Crippen LogP contribution in [-0.2, 0) is 15.9 Å². The van der Waals surface area contributed by atoms with Crippen LogP contribution in [0.4, 0.5) is 0 Å². The summed E-state index contributed by atoms with van der Waals surface area (Å²) in [5, 5.41) is 0. The Labute approximate surface area is 168 Å². The molecule has 0 spiro atoms. The predicted molar refractivity (Wildman–Crippen MR) is 111 cm³/mol. The van der Waals surface area contributed by atoms with Crippen LogP contribution < -0.4 is 14.9 Å². The van der Waals surface area contributed by atoms with Crippen molar-refractivity contribution in [3.8, 4) is 11.5 Å². The lowest BCUT2D eigenvalue weighted by Crippen LogP contribution is -2.41. The van der Waals surface area contributed by atoms with E-state index in [2.05, 4.69) is 39.8 Å². The molecule has 0 atom stereocenters. The van der Waals surface area contributed by atoms with Gasteiger partial charge in [0.15, 0.2) is 11.5 Å². The van der Waals surface area contributed by atoms with Gasteiger partial charge in [0.25, 0.3) is 0 Å². The summed E-state index contributed by atoms with van der Waals surface area (Å²) in [5.74, 6) is 1.53. The zero-order chi connectivity index (χ0) is 19.8. The second-order valence-corrected chi connectivity index (χ2v) is 8.74. The third-order valence-electron chi connectivity index (χ3n) is 6.08. The lowest BCUT2D eigenvalue weighted by molar-refractivity contribution is 0.00578. The van der Waals surface area contributed by atoms with Crippen LogP contribution in [-0.4, -0.2) is 24.4 Å². The summed E-state index contributed by atoms with van der Waals surface area (Å²) in [6, 6.07) is 16.2. The molecule has 2 aromatic rings. The molecule has 5 heteroatoms. The van der Waals surface area contributed by atoms with Crippen LogP contribution in [0.5, 0.6) is 11.5 Å². The average Bonchev–Trinajstić information content (AvgIpc) is 2.85. The summed E-state index contributed by atoms with van der Waals surface area (Å²) in [7, 11) is -0.406. The molecule has 0 N–H and O–H groups in total. The highest BCUT2D eigenvalue weighted by Crippen LogP contribution is 2.38. The van der Waals surface area contributed by atoms with Crippen molar-refractivity contribution in [2.45, 2.75) is 70.9 Å². The number of benzene rings is 2. The lowest BCUT2D eigenvalue weighted by atomic mass is 9.79. The number of hydrogen-bond acceptors (Lipinski definition) is 4. The van der Waals surface area contributed by atoms with E-state index in [1.165, 1.54) is 6.42 Å². The van der Waals surface area contributed by atoms with E-state index in [1.54, 1.807) is 0 Å². The molecular formula is C23H29BO4. The van der Waals surface area contributed by atoms with E-state index in [4.69, 9.17) is 18.8 Å². The molecule has 4 nitrogen and oxygen atoms in total. The monoisotopic (exact) mass is 380 g/mol. The van der Waals surface area contributed by atoms with Gasteiger partial charge < -0.3 is 18.8 Å². The van der Waals surface area contributed by atoms with Crippen molar-refractivity contribution < 1.29 is 18.8 Å². The molecule has 0 unspecified atom stereocenters. The van der Waals surface area contributed by atoms with Gasteiger partial charge in [-0.3, -0.25) is 0 Å². The van der Waals surface area contributed by atoms with Crippen molar-refractivity contribution in [2.24, 2.45) is 0 Å². The highest BCUT2D eigenvalue weighted by atomic mass is 16.7. The minimum absolute atomic E-state index is 0.271. The molecule has 1 saturated carbocycles. The van der Waals surface area contributed by atoms with Crippen molar-refractivity contribution >= 4 is 12.6 Å². The van der Waals surface area contributed by atoms with Gasteiger partial charge in [-0.05, 0) is 70.1 Å². The fraction of sp³-hybridized carbons (Fsp3) is 0.478. The van der Waals surface area contributed by atoms with Crippen molar-refractivity contribution in [2.75, 3.05) is 0 Å². The van der Waals surface area contributed by atoms with E-state index in [1.807, 2.05) is 36.4 Å². The van der Waals surface area contributed by atoms with Gasteiger partial charge in [0.05, 0.1) is 17.3 Å². The van der Waals surface area contributed by atoms with Crippen LogP contribution in [0.1, 0.15) is 52.5 Å². The van der Waals surface area contributed by atoms with Crippen molar-refractivity contribution in [3.05, 3.63) is 54.1 Å². The quantitative estimate of drug-likeness (QED) is 0.692. The van der Waals surface area contributed by atoms with Crippen LogP contribution in [0.2, 0.25) is 0 Å². The van der Waals surface area contributed by atoms with Crippen LogP contribution in [0.25, 0.3) is 0 Å². The summed E-state index contributed by atoms with van der Waals surface area (Å²) >= 11 is 0. The first-order chi connectivity index (χ1) is 13.3. The SMILES string of the molecule is CC1(C)OB(c2ccc(OCc3ccccc3)c(OC3CCC3)c2)OC1(C)C. The number of hydrogen-bond donors (Lipinski definition) is 0. The van der Waals surface area contributed by atoms with Gasteiger partial charge in [0, 0.05) is 0 Å². The van der Waals surface area contributed by atoms with Crippen molar-refractivity contribution in [1.29, 1.82) is 0 Å². The van der Waals surface area contributed by atoms with Crippen molar-refractivity contribution in [3.63, 3.8) is 0 Å². The predicted octanol–water partition coefficient (Wildman–Crippen LogP) is 4.50. The molecule has 2 fully saturated rings. The van der Waals surface area contributed by atoms with E-state index in [9.17, 15) is 0 Å². The Hall–Kier alpha value is -1.98. The Balaban J connectivity index is 1.55. The van der Waals surface area contributed by atoms with E-state index in [0.717, 1.165) is 35.4 Å². The first kappa shape index (κ1) is 19.3. The molecule has 2 aromatic carbocycles. The highest BCUT2D eigenvalue weighted by molar-refractivity contribution is 6.62. The van der Waals surface area contributed by atoms with Gasteiger partial charge in [-0.1, -0.05) is 36.4 Å². The molecule has 0 radical (unpaired) electrons. The summed E-state index contributed by atoms with van der Waals surface area (Å²) < 4.78 is 24.7. The summed E-state index contributed by atoms with van der Waals surface area (Å²) in [6.45, 7) is 8.77. The number of ether oxygens (including phenoxy) is 2. The topological polar surface area (TPSA) is 36.9 Å². The first-order valence-corrected chi connectivity index (χ1v) is 10.2. The average molecular weight is 380 g/mol. The maximum absolute atomic E-state index is 6.24. The Morgan fingerprint density at radius 1 is 0.929 bits per heavy atom. The zero-order valence-electron chi connectivity index (χ0n) is 17.2. The minimum Gasteiger partial charge on any atom is -0.487 e. The molecule has 1 aliphatic carbocycles. The maximum Gasteiger partial charge on any atom is 0.494 e. The third-order valence-corrected chi connectivity index (χ3v) is 6.08. The van der Waals surface area contributed by atoms with Gasteiger partial charge in [0.2, 0.25) is 0 Å². The van der Waals surface area contributed by atoms with Gasteiger partial charge >= 0.3 is 7.12 Å². The van der Waals surface area contributed by atoms with Gasteiger partial charge in [0.1, 0.15) is 6.61 Å². The molecule has 2 aliphatic rings. The molecule has 28 heavy (non-hydrogen) atoms. The Morgan fingerprint density at radius 2 is 1.61 bits per heavy atom. The molecule has 148 valence electrons.